The Balaban J connectivity index is 2.79. The number of carboxylic acid groups (broad SMARTS) is 1. The lowest BCUT2D eigenvalue weighted by atomic mass is 9.96. The molecule has 110 valence electrons. The molecular weight excluding hydrogens is 260 g/mol. The normalized spacial score (nSPS) is 12.0. The molecule has 0 radical (unpaired) electrons. The second kappa shape index (κ2) is 6.79. The SMILES string of the molecule is COc1ccc(N)c(C(=O)NCC(C(=O)O)C(C)C)c1. The van der Waals surface area contributed by atoms with Crippen LogP contribution in [0.25, 0.3) is 0 Å². The first-order chi connectivity index (χ1) is 9.36. The topological polar surface area (TPSA) is 102 Å². The van der Waals surface area contributed by atoms with Gasteiger partial charge in [-0.2, -0.15) is 0 Å². The van der Waals surface area contributed by atoms with Crippen LogP contribution in [0.5, 0.6) is 5.75 Å². The van der Waals surface area contributed by atoms with E-state index in [0.717, 1.165) is 0 Å². The number of hydrogen-bond acceptors (Lipinski definition) is 4. The van der Waals surface area contributed by atoms with Crippen molar-refractivity contribution in [3.63, 3.8) is 0 Å². The summed E-state index contributed by atoms with van der Waals surface area (Å²) in [6, 6.07) is 4.75. The summed E-state index contributed by atoms with van der Waals surface area (Å²) in [7, 11) is 1.49. The Labute approximate surface area is 117 Å². The van der Waals surface area contributed by atoms with Crippen LogP contribution in [0, 0.1) is 11.8 Å². The molecule has 0 fully saturated rings. The van der Waals surface area contributed by atoms with Crippen molar-refractivity contribution in [1.29, 1.82) is 0 Å². The molecule has 0 aliphatic heterocycles. The summed E-state index contributed by atoms with van der Waals surface area (Å²) in [4.78, 5) is 23.1. The van der Waals surface area contributed by atoms with Crippen molar-refractivity contribution in [2.45, 2.75) is 13.8 Å². The standard InChI is InChI=1S/C14H20N2O4/c1-8(2)11(14(18)19)7-16-13(17)10-6-9(20-3)4-5-12(10)15/h4-6,8,11H,7,15H2,1-3H3,(H,16,17)(H,18,19). The molecule has 0 aromatic heterocycles. The fourth-order valence-electron chi connectivity index (χ4n) is 1.77. The number of nitrogens with one attached hydrogen (secondary N) is 1. The Kier molecular flexibility index (Phi) is 5.37. The van der Waals surface area contributed by atoms with Crippen molar-refractivity contribution in [2.75, 3.05) is 19.4 Å². The van der Waals surface area contributed by atoms with Gasteiger partial charge in [0.15, 0.2) is 0 Å². The number of methoxy groups -OCH3 is 1. The maximum Gasteiger partial charge on any atom is 0.308 e. The quantitative estimate of drug-likeness (QED) is 0.683. The summed E-state index contributed by atoms with van der Waals surface area (Å²) in [6.45, 7) is 3.65. The molecule has 0 aliphatic rings. The van der Waals surface area contributed by atoms with E-state index in [1.54, 1.807) is 26.0 Å². The Morgan fingerprint density at radius 2 is 2.05 bits per heavy atom. The molecular formula is C14H20N2O4. The summed E-state index contributed by atoms with van der Waals surface area (Å²) in [5.41, 5.74) is 6.33. The minimum atomic E-state index is -0.932. The van der Waals surface area contributed by atoms with Crippen LogP contribution in [-0.4, -0.2) is 30.6 Å². The predicted octanol–water partition coefficient (Wildman–Crippen LogP) is 1.36. The number of hydrogen-bond donors (Lipinski definition) is 3. The van der Waals surface area contributed by atoms with Crippen LogP contribution in [0.1, 0.15) is 24.2 Å². The molecule has 20 heavy (non-hydrogen) atoms. The molecule has 1 aromatic rings. The minimum Gasteiger partial charge on any atom is -0.497 e. The maximum atomic E-state index is 12.0. The number of carbonyl (C=O) groups is 2. The number of rotatable bonds is 6. The summed E-state index contributed by atoms with van der Waals surface area (Å²) in [5, 5.41) is 11.7. The first-order valence-corrected chi connectivity index (χ1v) is 6.31. The fraction of sp³-hybridized carbons (Fsp3) is 0.429. The van der Waals surface area contributed by atoms with E-state index in [4.69, 9.17) is 15.6 Å². The second-order valence-electron chi connectivity index (χ2n) is 4.85. The highest BCUT2D eigenvalue weighted by atomic mass is 16.5. The first kappa shape index (κ1) is 15.8. The van der Waals surface area contributed by atoms with Gasteiger partial charge in [0.2, 0.25) is 0 Å². The smallest absolute Gasteiger partial charge is 0.308 e. The van der Waals surface area contributed by atoms with Crippen molar-refractivity contribution in [2.24, 2.45) is 11.8 Å². The molecule has 6 nitrogen and oxygen atoms in total. The minimum absolute atomic E-state index is 0.0580. The van der Waals surface area contributed by atoms with E-state index in [-0.39, 0.29) is 18.0 Å². The average Bonchev–Trinajstić information content (AvgIpc) is 2.38. The Morgan fingerprint density at radius 3 is 2.55 bits per heavy atom. The van der Waals surface area contributed by atoms with Crippen LogP contribution in [0.4, 0.5) is 5.69 Å². The Bertz CT molecular complexity index is 500. The van der Waals surface area contributed by atoms with Gasteiger partial charge >= 0.3 is 5.97 Å². The number of nitrogens with two attached hydrogens (primary N) is 1. The lowest BCUT2D eigenvalue weighted by molar-refractivity contribution is -0.142. The number of aliphatic carboxylic acids is 1. The molecule has 1 amide bonds. The number of benzene rings is 1. The molecule has 0 saturated heterocycles. The van der Waals surface area contributed by atoms with Gasteiger partial charge in [-0.1, -0.05) is 13.8 Å². The third-order valence-electron chi connectivity index (χ3n) is 3.11. The van der Waals surface area contributed by atoms with E-state index in [9.17, 15) is 9.59 Å². The van der Waals surface area contributed by atoms with E-state index in [1.807, 2.05) is 0 Å². The summed E-state index contributed by atoms with van der Waals surface area (Å²) >= 11 is 0. The zero-order valence-corrected chi connectivity index (χ0v) is 11.8. The van der Waals surface area contributed by atoms with Gasteiger partial charge in [-0.3, -0.25) is 9.59 Å². The molecule has 1 aromatic carbocycles. The van der Waals surface area contributed by atoms with Crippen LogP contribution >= 0.6 is 0 Å². The fourth-order valence-corrected chi connectivity index (χ4v) is 1.77. The van der Waals surface area contributed by atoms with Gasteiger partial charge in [-0.15, -0.1) is 0 Å². The third kappa shape index (κ3) is 3.88. The third-order valence-corrected chi connectivity index (χ3v) is 3.11. The van der Waals surface area contributed by atoms with Gasteiger partial charge < -0.3 is 20.9 Å². The number of carbonyl (C=O) groups excluding carboxylic acids is 1. The van der Waals surface area contributed by atoms with Crippen LogP contribution in [0.2, 0.25) is 0 Å². The molecule has 0 heterocycles. The van der Waals surface area contributed by atoms with Gasteiger partial charge in [-0.05, 0) is 24.1 Å². The number of ether oxygens (including phenoxy) is 1. The lowest BCUT2D eigenvalue weighted by Crippen LogP contribution is -2.35. The van der Waals surface area contributed by atoms with E-state index in [0.29, 0.717) is 11.4 Å². The molecule has 0 spiro atoms. The van der Waals surface area contributed by atoms with Crippen molar-refractivity contribution in [3.8, 4) is 5.75 Å². The van der Waals surface area contributed by atoms with Crippen molar-refractivity contribution >= 4 is 17.6 Å². The average molecular weight is 280 g/mol. The first-order valence-electron chi connectivity index (χ1n) is 6.31. The van der Waals surface area contributed by atoms with Gasteiger partial charge in [0.05, 0.1) is 18.6 Å². The van der Waals surface area contributed by atoms with Crippen LogP contribution < -0.4 is 15.8 Å². The predicted molar refractivity (Wildman–Crippen MR) is 75.7 cm³/mol. The molecule has 1 unspecified atom stereocenters. The van der Waals surface area contributed by atoms with Gasteiger partial charge in [0.1, 0.15) is 5.75 Å². The lowest BCUT2D eigenvalue weighted by Gasteiger charge is -2.17. The number of carboxylic acids is 1. The second-order valence-corrected chi connectivity index (χ2v) is 4.85. The van der Waals surface area contributed by atoms with Gasteiger partial charge in [0.25, 0.3) is 5.91 Å². The van der Waals surface area contributed by atoms with Crippen LogP contribution in [-0.2, 0) is 4.79 Å². The van der Waals surface area contributed by atoms with E-state index in [1.165, 1.54) is 13.2 Å². The highest BCUT2D eigenvalue weighted by molar-refractivity contribution is 5.99. The summed E-state index contributed by atoms with van der Waals surface area (Å²) in [5.74, 6) is -1.53. The molecule has 0 saturated carbocycles. The molecule has 0 aliphatic carbocycles. The number of amides is 1. The zero-order valence-electron chi connectivity index (χ0n) is 11.8. The molecule has 6 heteroatoms. The highest BCUT2D eigenvalue weighted by Crippen LogP contribution is 2.19. The number of anilines is 1. The summed E-state index contributed by atoms with van der Waals surface area (Å²) < 4.78 is 5.03. The van der Waals surface area contributed by atoms with Gasteiger partial charge in [0, 0.05) is 12.2 Å². The molecule has 4 N–H and O–H groups in total. The van der Waals surface area contributed by atoms with Gasteiger partial charge in [-0.25, -0.2) is 0 Å². The van der Waals surface area contributed by atoms with Crippen LogP contribution in [0.3, 0.4) is 0 Å². The molecule has 0 bridgehead atoms. The van der Waals surface area contributed by atoms with Crippen molar-refractivity contribution in [1.82, 2.24) is 5.32 Å². The Morgan fingerprint density at radius 1 is 1.40 bits per heavy atom. The van der Waals surface area contributed by atoms with E-state index < -0.39 is 17.8 Å². The Hall–Kier alpha value is -2.24. The molecule has 1 rings (SSSR count). The highest BCUT2D eigenvalue weighted by Gasteiger charge is 2.22. The monoisotopic (exact) mass is 280 g/mol. The largest absolute Gasteiger partial charge is 0.497 e. The number of nitrogen functional groups attached to an aromatic ring is 1. The van der Waals surface area contributed by atoms with E-state index in [2.05, 4.69) is 5.32 Å². The molecule has 1 atom stereocenters. The summed E-state index contributed by atoms with van der Waals surface area (Å²) in [6.07, 6.45) is 0. The van der Waals surface area contributed by atoms with E-state index >= 15 is 0 Å². The van der Waals surface area contributed by atoms with Crippen LogP contribution in [0.15, 0.2) is 18.2 Å². The maximum absolute atomic E-state index is 12.0. The van der Waals surface area contributed by atoms with Crippen molar-refractivity contribution in [3.05, 3.63) is 23.8 Å². The zero-order chi connectivity index (χ0) is 15.3. The van der Waals surface area contributed by atoms with Crippen molar-refractivity contribution < 1.29 is 19.4 Å².